The summed E-state index contributed by atoms with van der Waals surface area (Å²) < 4.78 is 1.26. The van der Waals surface area contributed by atoms with E-state index < -0.39 is 0 Å². The van der Waals surface area contributed by atoms with Gasteiger partial charge in [0.1, 0.15) is 0 Å². The van der Waals surface area contributed by atoms with Gasteiger partial charge in [-0.15, -0.1) is 11.3 Å². The third kappa shape index (κ3) is 3.13. The van der Waals surface area contributed by atoms with Gasteiger partial charge in [-0.25, -0.2) is 0 Å². The van der Waals surface area contributed by atoms with Crippen LogP contribution in [0.15, 0.2) is 15.9 Å². The Labute approximate surface area is 136 Å². The van der Waals surface area contributed by atoms with E-state index in [1.54, 1.807) is 0 Å². The molecule has 2 rings (SSSR count). The largest absolute Gasteiger partial charge is 0.308 e. The Bertz CT molecular complexity index is 441. The first-order valence-corrected chi connectivity index (χ1v) is 9.38. The number of piperazine rings is 1. The van der Waals surface area contributed by atoms with Crippen LogP contribution in [-0.2, 0) is 6.54 Å². The second kappa shape index (κ2) is 6.47. The molecule has 4 heteroatoms. The van der Waals surface area contributed by atoms with Crippen LogP contribution in [0.3, 0.4) is 0 Å². The van der Waals surface area contributed by atoms with Crippen molar-refractivity contribution in [2.75, 3.05) is 13.1 Å². The standard InChI is InChI=1S/C16H27BrN2S/c1-5-15(4)12-19(10-14-13(17)8-9-20-14)16(6-2,7-3)11-18-15/h8-9,18H,5-7,10-12H2,1-4H3. The topological polar surface area (TPSA) is 15.3 Å². The molecule has 0 aromatic carbocycles. The SMILES string of the molecule is CCC1(C)CN(Cc2sccc2Br)C(CC)(CC)CN1. The van der Waals surface area contributed by atoms with E-state index in [-0.39, 0.29) is 5.54 Å². The summed E-state index contributed by atoms with van der Waals surface area (Å²) in [4.78, 5) is 4.18. The van der Waals surface area contributed by atoms with E-state index in [0.29, 0.717) is 5.54 Å². The zero-order chi connectivity index (χ0) is 14.8. The molecule has 1 fully saturated rings. The van der Waals surface area contributed by atoms with E-state index in [2.05, 4.69) is 65.3 Å². The van der Waals surface area contributed by atoms with Gasteiger partial charge in [-0.2, -0.15) is 0 Å². The molecule has 0 saturated carbocycles. The molecule has 0 radical (unpaired) electrons. The minimum absolute atomic E-state index is 0.248. The van der Waals surface area contributed by atoms with Crippen molar-refractivity contribution in [3.8, 4) is 0 Å². The molecule has 0 bridgehead atoms. The smallest absolute Gasteiger partial charge is 0.0346 e. The van der Waals surface area contributed by atoms with Gasteiger partial charge in [0, 0.05) is 40.1 Å². The summed E-state index contributed by atoms with van der Waals surface area (Å²) >= 11 is 5.55. The van der Waals surface area contributed by atoms with Crippen molar-refractivity contribution in [3.63, 3.8) is 0 Å². The summed E-state index contributed by atoms with van der Waals surface area (Å²) in [6.07, 6.45) is 3.59. The molecule has 2 heterocycles. The van der Waals surface area contributed by atoms with E-state index in [1.165, 1.54) is 28.6 Å². The van der Waals surface area contributed by atoms with Crippen molar-refractivity contribution < 1.29 is 0 Å². The zero-order valence-electron chi connectivity index (χ0n) is 13.1. The van der Waals surface area contributed by atoms with Crippen LogP contribution in [0.4, 0.5) is 0 Å². The molecule has 1 unspecified atom stereocenters. The highest BCUT2D eigenvalue weighted by Gasteiger charge is 2.42. The van der Waals surface area contributed by atoms with Crippen molar-refractivity contribution >= 4 is 27.3 Å². The van der Waals surface area contributed by atoms with Gasteiger partial charge in [-0.3, -0.25) is 4.90 Å². The van der Waals surface area contributed by atoms with E-state index in [9.17, 15) is 0 Å². The lowest BCUT2D eigenvalue weighted by Gasteiger charge is -2.53. The second-order valence-corrected chi connectivity index (χ2v) is 8.10. The van der Waals surface area contributed by atoms with E-state index in [4.69, 9.17) is 0 Å². The molecule has 20 heavy (non-hydrogen) atoms. The summed E-state index contributed by atoms with van der Waals surface area (Å²) in [7, 11) is 0. The third-order valence-corrected chi connectivity index (χ3v) is 7.09. The lowest BCUT2D eigenvalue weighted by atomic mass is 9.82. The predicted octanol–water partition coefficient (Wildman–Crippen LogP) is 4.64. The van der Waals surface area contributed by atoms with Crippen LogP contribution in [0.1, 0.15) is 51.8 Å². The maximum absolute atomic E-state index is 3.81. The van der Waals surface area contributed by atoms with Crippen molar-refractivity contribution in [2.45, 2.75) is 64.6 Å². The number of halogens is 1. The van der Waals surface area contributed by atoms with E-state index >= 15 is 0 Å². The number of nitrogens with zero attached hydrogens (tertiary/aromatic N) is 1. The molecule has 1 N–H and O–H groups in total. The Morgan fingerprint density at radius 2 is 2.00 bits per heavy atom. The maximum Gasteiger partial charge on any atom is 0.0346 e. The highest BCUT2D eigenvalue weighted by molar-refractivity contribution is 9.10. The lowest BCUT2D eigenvalue weighted by Crippen LogP contribution is -2.68. The second-order valence-electron chi connectivity index (χ2n) is 6.25. The molecule has 1 aliphatic heterocycles. The summed E-state index contributed by atoms with van der Waals surface area (Å²) in [6, 6.07) is 2.17. The normalized spacial score (nSPS) is 26.9. The van der Waals surface area contributed by atoms with Gasteiger partial charge in [-0.05, 0) is 53.6 Å². The third-order valence-electron chi connectivity index (χ3n) is 5.18. The van der Waals surface area contributed by atoms with Crippen LogP contribution in [0.2, 0.25) is 0 Å². The minimum atomic E-state index is 0.248. The van der Waals surface area contributed by atoms with Gasteiger partial charge in [0.25, 0.3) is 0 Å². The Balaban J connectivity index is 2.24. The molecule has 0 spiro atoms. The summed E-state index contributed by atoms with van der Waals surface area (Å²) in [5, 5.41) is 5.99. The number of nitrogens with one attached hydrogen (secondary N) is 1. The highest BCUT2D eigenvalue weighted by atomic mass is 79.9. The quantitative estimate of drug-likeness (QED) is 0.824. The lowest BCUT2D eigenvalue weighted by molar-refractivity contribution is -0.00349. The van der Waals surface area contributed by atoms with Gasteiger partial charge in [0.15, 0.2) is 0 Å². The van der Waals surface area contributed by atoms with E-state index in [0.717, 1.165) is 19.6 Å². The van der Waals surface area contributed by atoms with Gasteiger partial charge in [0.05, 0.1) is 0 Å². The van der Waals surface area contributed by atoms with Crippen molar-refractivity contribution in [3.05, 3.63) is 20.8 Å². The number of thiophene rings is 1. The Morgan fingerprint density at radius 3 is 2.50 bits per heavy atom. The van der Waals surface area contributed by atoms with Crippen molar-refractivity contribution in [1.82, 2.24) is 10.2 Å². The molecule has 1 aromatic heterocycles. The molecule has 1 aliphatic rings. The fourth-order valence-electron chi connectivity index (χ4n) is 3.15. The Morgan fingerprint density at radius 1 is 1.30 bits per heavy atom. The molecule has 2 nitrogen and oxygen atoms in total. The predicted molar refractivity (Wildman–Crippen MR) is 92.4 cm³/mol. The van der Waals surface area contributed by atoms with Crippen LogP contribution in [0.25, 0.3) is 0 Å². The fraction of sp³-hybridized carbons (Fsp3) is 0.750. The van der Waals surface area contributed by atoms with Gasteiger partial charge in [-0.1, -0.05) is 20.8 Å². The number of rotatable bonds is 5. The summed E-state index contributed by atoms with van der Waals surface area (Å²) in [5.41, 5.74) is 0.551. The van der Waals surface area contributed by atoms with Crippen molar-refractivity contribution in [2.24, 2.45) is 0 Å². The first kappa shape index (κ1) is 16.5. The maximum atomic E-state index is 3.81. The Hall–Kier alpha value is 0.1000. The summed E-state index contributed by atoms with van der Waals surface area (Å²) in [6.45, 7) is 12.6. The van der Waals surface area contributed by atoms with Gasteiger partial charge in [0.2, 0.25) is 0 Å². The van der Waals surface area contributed by atoms with Gasteiger partial charge >= 0.3 is 0 Å². The molecule has 0 aliphatic carbocycles. The molecule has 1 saturated heterocycles. The average molecular weight is 359 g/mol. The Kier molecular flexibility index (Phi) is 5.33. The van der Waals surface area contributed by atoms with Crippen LogP contribution in [0, 0.1) is 0 Å². The zero-order valence-corrected chi connectivity index (χ0v) is 15.5. The molecular weight excluding hydrogens is 332 g/mol. The molecule has 0 amide bonds. The number of hydrogen-bond donors (Lipinski definition) is 1. The molecular formula is C16H27BrN2S. The van der Waals surface area contributed by atoms with Crippen LogP contribution in [0.5, 0.6) is 0 Å². The fourth-order valence-corrected chi connectivity index (χ4v) is 4.65. The molecule has 114 valence electrons. The van der Waals surface area contributed by atoms with Gasteiger partial charge < -0.3 is 5.32 Å². The first-order valence-electron chi connectivity index (χ1n) is 7.70. The first-order chi connectivity index (χ1) is 9.48. The molecule has 1 atom stereocenters. The van der Waals surface area contributed by atoms with Crippen LogP contribution in [-0.4, -0.2) is 29.1 Å². The minimum Gasteiger partial charge on any atom is -0.308 e. The average Bonchev–Trinajstić information content (AvgIpc) is 2.86. The van der Waals surface area contributed by atoms with E-state index in [1.807, 2.05) is 11.3 Å². The number of hydrogen-bond acceptors (Lipinski definition) is 3. The molecule has 1 aromatic rings. The monoisotopic (exact) mass is 358 g/mol. The summed E-state index contributed by atoms with van der Waals surface area (Å²) in [5.74, 6) is 0. The van der Waals surface area contributed by atoms with Crippen LogP contribution >= 0.6 is 27.3 Å². The van der Waals surface area contributed by atoms with Crippen LogP contribution < -0.4 is 5.32 Å². The van der Waals surface area contributed by atoms with Crippen molar-refractivity contribution in [1.29, 1.82) is 0 Å². The highest BCUT2D eigenvalue weighted by Crippen LogP contribution is 2.35.